The number of nitrogens with two attached hydrogens (primary N) is 1. The first-order valence-electron chi connectivity index (χ1n) is 5.21. The van der Waals surface area contributed by atoms with E-state index in [4.69, 9.17) is 17.3 Å². The van der Waals surface area contributed by atoms with Crippen LogP contribution in [-0.4, -0.2) is 0 Å². The molecule has 1 fully saturated rings. The van der Waals surface area contributed by atoms with Crippen LogP contribution in [0.3, 0.4) is 0 Å². The summed E-state index contributed by atoms with van der Waals surface area (Å²) < 4.78 is 0. The molecule has 1 saturated carbocycles. The van der Waals surface area contributed by atoms with Gasteiger partial charge in [-0.25, -0.2) is 0 Å². The van der Waals surface area contributed by atoms with Gasteiger partial charge >= 0.3 is 0 Å². The third kappa shape index (κ3) is 1.93. The minimum absolute atomic E-state index is 0.0976. The predicted molar refractivity (Wildman–Crippen MR) is 69.2 cm³/mol. The molecule has 2 nitrogen and oxygen atoms in total. The average molecular weight is 235 g/mol. The second-order valence-corrected chi connectivity index (χ2v) is 4.65. The summed E-state index contributed by atoms with van der Waals surface area (Å²) in [5.41, 5.74) is 8.28. The van der Waals surface area contributed by atoms with E-state index in [9.17, 15) is 0 Å². The van der Waals surface area contributed by atoms with Gasteiger partial charge in [-0.3, -0.25) is 0 Å². The summed E-state index contributed by atoms with van der Waals surface area (Å²) >= 11 is 5.82. The van der Waals surface area contributed by atoms with Crippen molar-refractivity contribution in [1.82, 2.24) is 0 Å². The smallest absolute Gasteiger partial charge is 0.0487 e. The molecule has 0 amide bonds. The van der Waals surface area contributed by atoms with Crippen molar-refractivity contribution in [2.45, 2.75) is 12.8 Å². The largest absolute Gasteiger partial charge is 0.402 e. The number of hydrogen-bond acceptors (Lipinski definition) is 2. The van der Waals surface area contributed by atoms with Crippen molar-refractivity contribution in [3.8, 4) is 0 Å². The molecule has 0 saturated heterocycles. The monoisotopic (exact) mass is 234 g/mol. The molecule has 0 heterocycles. The molecule has 1 aliphatic rings. The molecule has 0 atom stereocenters. The Morgan fingerprint density at radius 3 is 2.25 bits per heavy atom. The molecule has 1 aromatic carbocycles. The topological polar surface area (TPSA) is 38.0 Å². The van der Waals surface area contributed by atoms with Crippen LogP contribution in [-0.2, 0) is 0 Å². The molecule has 2 rings (SSSR count). The van der Waals surface area contributed by atoms with E-state index in [-0.39, 0.29) is 5.41 Å². The Morgan fingerprint density at radius 2 is 1.81 bits per heavy atom. The molecule has 1 aliphatic carbocycles. The normalized spacial score (nSPS) is 16.6. The van der Waals surface area contributed by atoms with Crippen molar-refractivity contribution in [2.24, 2.45) is 11.1 Å². The highest BCUT2D eigenvalue weighted by Crippen LogP contribution is 2.54. The van der Waals surface area contributed by atoms with Gasteiger partial charge in [-0.1, -0.05) is 24.8 Å². The maximum Gasteiger partial charge on any atom is 0.0487 e. The van der Waals surface area contributed by atoms with Crippen molar-refractivity contribution in [3.05, 3.63) is 53.8 Å². The zero-order valence-corrected chi connectivity index (χ0v) is 9.85. The van der Waals surface area contributed by atoms with Crippen LogP contribution >= 0.6 is 11.6 Å². The van der Waals surface area contributed by atoms with Crippen molar-refractivity contribution in [1.29, 1.82) is 0 Å². The van der Waals surface area contributed by atoms with Gasteiger partial charge in [-0.2, -0.15) is 0 Å². The van der Waals surface area contributed by atoms with E-state index in [1.165, 1.54) is 0 Å². The van der Waals surface area contributed by atoms with Crippen molar-refractivity contribution < 1.29 is 0 Å². The number of anilines is 1. The minimum Gasteiger partial charge on any atom is -0.402 e. The Morgan fingerprint density at radius 1 is 1.25 bits per heavy atom. The van der Waals surface area contributed by atoms with Crippen LogP contribution in [0.25, 0.3) is 0 Å². The minimum atomic E-state index is -0.0976. The van der Waals surface area contributed by atoms with Gasteiger partial charge in [0.15, 0.2) is 0 Å². The summed E-state index contributed by atoms with van der Waals surface area (Å²) in [7, 11) is 0. The highest BCUT2D eigenvalue weighted by molar-refractivity contribution is 6.30. The molecule has 1 aromatic rings. The molecule has 16 heavy (non-hydrogen) atoms. The lowest BCUT2D eigenvalue weighted by Gasteiger charge is -2.19. The Hall–Kier alpha value is -1.41. The van der Waals surface area contributed by atoms with E-state index in [0.717, 1.165) is 29.2 Å². The molecule has 0 unspecified atom stereocenters. The van der Waals surface area contributed by atoms with E-state index in [1.54, 1.807) is 0 Å². The standard InChI is InChI=1S/C13H15ClN2/c1-9(15)13(7-8-13)10(2)16-12-5-3-11(14)4-6-12/h3-6,16H,1-2,7-8,15H2. The number of hydrogen-bond donors (Lipinski definition) is 2. The molecule has 0 spiro atoms. The molecule has 0 aromatic heterocycles. The molecule has 3 heteroatoms. The highest BCUT2D eigenvalue weighted by Gasteiger charge is 2.47. The summed E-state index contributed by atoms with van der Waals surface area (Å²) in [6, 6.07) is 7.52. The molecule has 3 N–H and O–H groups in total. The summed E-state index contributed by atoms with van der Waals surface area (Å²) in [5, 5.41) is 3.98. The van der Waals surface area contributed by atoms with Crippen LogP contribution in [0.15, 0.2) is 48.8 Å². The first-order valence-corrected chi connectivity index (χ1v) is 5.59. The van der Waals surface area contributed by atoms with Crippen LogP contribution in [0, 0.1) is 5.41 Å². The molecular formula is C13H15ClN2. The summed E-state index contributed by atoms with van der Waals surface area (Å²) in [6.07, 6.45) is 2.06. The number of benzene rings is 1. The van der Waals surface area contributed by atoms with Gasteiger partial charge in [0.25, 0.3) is 0 Å². The van der Waals surface area contributed by atoms with Crippen LogP contribution in [0.1, 0.15) is 12.8 Å². The lowest BCUT2D eigenvalue weighted by molar-refractivity contribution is 0.725. The van der Waals surface area contributed by atoms with E-state index in [0.29, 0.717) is 5.70 Å². The fourth-order valence-corrected chi connectivity index (χ4v) is 1.89. The lowest BCUT2D eigenvalue weighted by atomic mass is 10.00. The average Bonchev–Trinajstić information content (AvgIpc) is 3.02. The highest BCUT2D eigenvalue weighted by atomic mass is 35.5. The Labute approximate surface area is 101 Å². The van der Waals surface area contributed by atoms with Crippen LogP contribution in [0.4, 0.5) is 5.69 Å². The first-order chi connectivity index (χ1) is 7.54. The van der Waals surface area contributed by atoms with Gasteiger partial charge < -0.3 is 11.1 Å². The van der Waals surface area contributed by atoms with Crippen LogP contribution in [0.5, 0.6) is 0 Å². The maximum atomic E-state index is 5.82. The SMILES string of the molecule is C=C(N)C1(C(=C)Nc2ccc(Cl)cc2)CC1. The number of rotatable bonds is 4. The Kier molecular flexibility index (Phi) is 2.68. The zero-order valence-electron chi connectivity index (χ0n) is 9.09. The summed E-state index contributed by atoms with van der Waals surface area (Å²) in [6.45, 7) is 7.86. The zero-order chi connectivity index (χ0) is 11.8. The van der Waals surface area contributed by atoms with Crippen LogP contribution in [0.2, 0.25) is 5.02 Å². The Balaban J connectivity index is 2.08. The third-order valence-corrected chi connectivity index (χ3v) is 3.33. The third-order valence-electron chi connectivity index (χ3n) is 3.08. The van der Waals surface area contributed by atoms with Crippen molar-refractivity contribution in [2.75, 3.05) is 5.32 Å². The summed E-state index contributed by atoms with van der Waals surface area (Å²) in [5.74, 6) is 0. The molecule has 0 aliphatic heterocycles. The second-order valence-electron chi connectivity index (χ2n) is 4.22. The first kappa shape index (κ1) is 11.1. The predicted octanol–water partition coefficient (Wildman–Crippen LogP) is 3.52. The van der Waals surface area contributed by atoms with Crippen molar-refractivity contribution >= 4 is 17.3 Å². The molecule has 0 radical (unpaired) electrons. The van der Waals surface area contributed by atoms with Gasteiger partial charge in [-0.05, 0) is 37.1 Å². The number of halogens is 1. The Bertz CT molecular complexity index is 430. The molecule has 0 bridgehead atoms. The van der Waals surface area contributed by atoms with Crippen molar-refractivity contribution in [3.63, 3.8) is 0 Å². The fraction of sp³-hybridized carbons (Fsp3) is 0.231. The van der Waals surface area contributed by atoms with E-state index < -0.39 is 0 Å². The quantitative estimate of drug-likeness (QED) is 0.837. The van der Waals surface area contributed by atoms with E-state index >= 15 is 0 Å². The van der Waals surface area contributed by atoms with E-state index in [1.807, 2.05) is 24.3 Å². The van der Waals surface area contributed by atoms with Gasteiger partial charge in [0.1, 0.15) is 0 Å². The van der Waals surface area contributed by atoms with Gasteiger partial charge in [0.2, 0.25) is 0 Å². The second kappa shape index (κ2) is 3.87. The fourth-order valence-electron chi connectivity index (χ4n) is 1.77. The lowest BCUT2D eigenvalue weighted by Crippen LogP contribution is -2.18. The van der Waals surface area contributed by atoms with Gasteiger partial charge in [0, 0.05) is 27.5 Å². The van der Waals surface area contributed by atoms with Gasteiger partial charge in [0.05, 0.1) is 0 Å². The maximum absolute atomic E-state index is 5.82. The summed E-state index contributed by atoms with van der Waals surface area (Å²) in [4.78, 5) is 0. The van der Waals surface area contributed by atoms with E-state index in [2.05, 4.69) is 18.5 Å². The van der Waals surface area contributed by atoms with Gasteiger partial charge in [-0.15, -0.1) is 0 Å². The molecular weight excluding hydrogens is 220 g/mol. The molecule has 84 valence electrons. The van der Waals surface area contributed by atoms with Crippen LogP contribution < -0.4 is 11.1 Å². The number of nitrogens with one attached hydrogen (secondary N) is 1.